The van der Waals surface area contributed by atoms with Gasteiger partial charge < -0.3 is 10.9 Å². The molecule has 0 fully saturated rings. The van der Waals surface area contributed by atoms with Gasteiger partial charge in [0.2, 0.25) is 0 Å². The van der Waals surface area contributed by atoms with E-state index >= 15 is 0 Å². The molecule has 0 aliphatic carbocycles. The molecule has 0 saturated carbocycles. The van der Waals surface area contributed by atoms with E-state index in [1.807, 2.05) is 48.5 Å². The number of benzene rings is 2. The molecule has 0 amide bonds. The first-order chi connectivity index (χ1) is 13.2. The van der Waals surface area contributed by atoms with Crippen molar-refractivity contribution in [3.8, 4) is 0 Å². The molecule has 2 aromatic carbocycles. The maximum Gasteiger partial charge on any atom is 0.287 e. The molecule has 2 heterocycles. The van der Waals surface area contributed by atoms with Crippen LogP contribution in [0.3, 0.4) is 0 Å². The van der Waals surface area contributed by atoms with Gasteiger partial charge in [-0.25, -0.2) is 0 Å². The second-order valence-corrected chi connectivity index (χ2v) is 8.23. The average Bonchev–Trinajstić information content (AvgIpc) is 3.19. The van der Waals surface area contributed by atoms with Crippen LogP contribution < -0.4 is 22.0 Å². The zero-order valence-corrected chi connectivity index (χ0v) is 16.3. The SMILES string of the molecule is O=c1c2ccccc2sn1NCCCCCNn1sc2ccccc2c1=O. The van der Waals surface area contributed by atoms with E-state index in [0.717, 1.165) is 52.5 Å². The normalized spacial score (nSPS) is 11.3. The molecule has 0 atom stereocenters. The fourth-order valence-electron chi connectivity index (χ4n) is 2.94. The lowest BCUT2D eigenvalue weighted by Gasteiger charge is -2.06. The largest absolute Gasteiger partial charge is 0.314 e. The van der Waals surface area contributed by atoms with Crippen molar-refractivity contribution in [1.82, 2.24) is 8.13 Å². The van der Waals surface area contributed by atoms with Crippen molar-refractivity contribution in [1.29, 1.82) is 0 Å². The second-order valence-electron chi connectivity index (χ2n) is 6.25. The molecule has 4 aromatic rings. The lowest BCUT2D eigenvalue weighted by atomic mass is 10.2. The minimum Gasteiger partial charge on any atom is -0.314 e. The van der Waals surface area contributed by atoms with E-state index in [9.17, 15) is 9.59 Å². The van der Waals surface area contributed by atoms with Gasteiger partial charge in [0.1, 0.15) is 0 Å². The van der Waals surface area contributed by atoms with Gasteiger partial charge in [0, 0.05) is 13.1 Å². The van der Waals surface area contributed by atoms with Gasteiger partial charge in [-0.1, -0.05) is 24.3 Å². The molecule has 6 nitrogen and oxygen atoms in total. The summed E-state index contributed by atoms with van der Waals surface area (Å²) in [5.74, 6) is 0. The van der Waals surface area contributed by atoms with Crippen molar-refractivity contribution in [2.45, 2.75) is 19.3 Å². The van der Waals surface area contributed by atoms with Crippen LogP contribution in [-0.2, 0) is 0 Å². The molecular weight excluding hydrogens is 380 g/mol. The third-order valence-electron chi connectivity index (χ3n) is 4.35. The topological polar surface area (TPSA) is 68.1 Å². The summed E-state index contributed by atoms with van der Waals surface area (Å²) in [4.78, 5) is 24.5. The van der Waals surface area contributed by atoms with E-state index in [0.29, 0.717) is 0 Å². The maximum atomic E-state index is 12.2. The quantitative estimate of drug-likeness (QED) is 0.445. The highest BCUT2D eigenvalue weighted by Crippen LogP contribution is 2.15. The van der Waals surface area contributed by atoms with Gasteiger partial charge in [-0.2, -0.15) is 8.13 Å². The highest BCUT2D eigenvalue weighted by molar-refractivity contribution is 7.14. The Hall–Kier alpha value is -2.58. The monoisotopic (exact) mass is 400 g/mol. The highest BCUT2D eigenvalue weighted by Gasteiger charge is 2.06. The lowest BCUT2D eigenvalue weighted by Crippen LogP contribution is -2.25. The van der Waals surface area contributed by atoms with E-state index < -0.39 is 0 Å². The number of rotatable bonds is 8. The van der Waals surface area contributed by atoms with Gasteiger partial charge in [0.05, 0.1) is 20.2 Å². The molecule has 8 heteroatoms. The van der Waals surface area contributed by atoms with Crippen molar-refractivity contribution in [3.05, 3.63) is 69.2 Å². The molecule has 4 rings (SSSR count). The summed E-state index contributed by atoms with van der Waals surface area (Å²) in [5, 5.41) is 1.51. The van der Waals surface area contributed by atoms with Crippen LogP contribution in [0.25, 0.3) is 20.2 Å². The van der Waals surface area contributed by atoms with Gasteiger partial charge in [-0.05, 0) is 66.6 Å². The number of nitrogens with zero attached hydrogens (tertiary/aromatic N) is 2. The van der Waals surface area contributed by atoms with Crippen LogP contribution in [0.4, 0.5) is 0 Å². The summed E-state index contributed by atoms with van der Waals surface area (Å²) in [6.07, 6.45) is 2.94. The summed E-state index contributed by atoms with van der Waals surface area (Å²) in [5.41, 5.74) is 6.40. The van der Waals surface area contributed by atoms with Crippen molar-refractivity contribution < 1.29 is 0 Å². The summed E-state index contributed by atoms with van der Waals surface area (Å²) in [7, 11) is 0. The summed E-state index contributed by atoms with van der Waals surface area (Å²) < 4.78 is 5.21. The van der Waals surface area contributed by atoms with E-state index in [1.54, 1.807) is 8.13 Å². The number of fused-ring (bicyclic) bond motifs is 2. The summed E-state index contributed by atoms with van der Waals surface area (Å²) in [6.45, 7) is 1.49. The van der Waals surface area contributed by atoms with Crippen LogP contribution in [-0.4, -0.2) is 21.2 Å². The lowest BCUT2D eigenvalue weighted by molar-refractivity contribution is 0.677. The number of unbranched alkanes of at least 4 members (excludes halogenated alkanes) is 2. The Morgan fingerprint density at radius 1 is 0.667 bits per heavy atom. The van der Waals surface area contributed by atoms with Crippen LogP contribution in [0.15, 0.2) is 58.1 Å². The van der Waals surface area contributed by atoms with E-state index in [4.69, 9.17) is 0 Å². The minimum absolute atomic E-state index is 0.0152. The Bertz CT molecular complexity index is 1080. The van der Waals surface area contributed by atoms with Gasteiger partial charge >= 0.3 is 0 Å². The first-order valence-electron chi connectivity index (χ1n) is 8.94. The molecule has 0 aliphatic heterocycles. The van der Waals surface area contributed by atoms with Crippen molar-refractivity contribution in [3.63, 3.8) is 0 Å². The van der Waals surface area contributed by atoms with Crippen LogP contribution in [0.1, 0.15) is 19.3 Å². The number of hydrogen-bond acceptors (Lipinski definition) is 6. The smallest absolute Gasteiger partial charge is 0.287 e. The molecule has 0 spiro atoms. The first kappa shape index (κ1) is 17.8. The fourth-order valence-corrected chi connectivity index (χ4v) is 4.79. The predicted octanol–water partition coefficient (Wildman–Crippen LogP) is 3.40. The van der Waals surface area contributed by atoms with Crippen LogP contribution >= 0.6 is 23.1 Å². The maximum absolute atomic E-state index is 12.2. The first-order valence-corrected chi connectivity index (χ1v) is 10.5. The zero-order valence-electron chi connectivity index (χ0n) is 14.7. The molecule has 0 saturated heterocycles. The summed E-state index contributed by atoms with van der Waals surface area (Å²) >= 11 is 2.87. The Morgan fingerprint density at radius 2 is 1.11 bits per heavy atom. The predicted molar refractivity (Wildman–Crippen MR) is 114 cm³/mol. The van der Waals surface area contributed by atoms with Crippen molar-refractivity contribution in [2.24, 2.45) is 0 Å². The zero-order chi connectivity index (χ0) is 18.6. The molecule has 0 aliphatic rings. The number of hydrogen-bond donors (Lipinski definition) is 2. The van der Waals surface area contributed by atoms with Crippen LogP contribution in [0, 0.1) is 0 Å². The molecule has 0 bridgehead atoms. The Balaban J connectivity index is 1.21. The van der Waals surface area contributed by atoms with Gasteiger partial charge in [-0.3, -0.25) is 9.59 Å². The molecule has 140 valence electrons. The highest BCUT2D eigenvalue weighted by atomic mass is 32.1. The Labute approximate surface area is 163 Å². The molecular formula is C19H20N4O2S2. The number of nitrogens with one attached hydrogen (secondary N) is 2. The summed E-state index contributed by atoms with van der Waals surface area (Å²) in [6, 6.07) is 15.3. The fraction of sp³-hybridized carbons (Fsp3) is 0.263. The van der Waals surface area contributed by atoms with Gasteiger partial charge in [-0.15, -0.1) is 0 Å². The van der Waals surface area contributed by atoms with E-state index in [2.05, 4.69) is 10.9 Å². The molecule has 0 unspecified atom stereocenters. The third-order valence-corrected chi connectivity index (χ3v) is 6.41. The van der Waals surface area contributed by atoms with Gasteiger partial charge in [0.25, 0.3) is 11.1 Å². The molecule has 27 heavy (non-hydrogen) atoms. The third kappa shape index (κ3) is 3.77. The molecule has 2 aromatic heterocycles. The molecule has 2 N–H and O–H groups in total. The molecule has 0 radical (unpaired) electrons. The van der Waals surface area contributed by atoms with E-state index in [-0.39, 0.29) is 11.1 Å². The average molecular weight is 401 g/mol. The Morgan fingerprint density at radius 3 is 1.56 bits per heavy atom. The Kier molecular flexibility index (Phi) is 5.26. The van der Waals surface area contributed by atoms with Crippen LogP contribution in [0.5, 0.6) is 0 Å². The number of aromatic nitrogens is 2. The van der Waals surface area contributed by atoms with Crippen molar-refractivity contribution >= 4 is 43.2 Å². The second kappa shape index (κ2) is 7.98. The van der Waals surface area contributed by atoms with Crippen molar-refractivity contribution in [2.75, 3.05) is 23.9 Å². The van der Waals surface area contributed by atoms with E-state index in [1.165, 1.54) is 23.1 Å². The standard InChI is InChI=1S/C19H20N4O2S2/c24-18-14-8-2-4-10-16(14)26-22(18)20-12-6-1-7-13-21-23-19(25)15-9-3-5-11-17(15)27-23/h2-5,8-11,20-21H,1,6-7,12-13H2. The minimum atomic E-state index is 0.0152. The van der Waals surface area contributed by atoms with Crippen LogP contribution in [0.2, 0.25) is 0 Å². The van der Waals surface area contributed by atoms with Gasteiger partial charge in [0.15, 0.2) is 0 Å².